The Bertz CT molecular complexity index is 1230. The average molecular weight is 500 g/mol. The van der Waals surface area contributed by atoms with Crippen molar-refractivity contribution in [2.24, 2.45) is 0 Å². The Labute approximate surface area is 207 Å². The lowest BCUT2D eigenvalue weighted by molar-refractivity contribution is -0.143. The Balaban J connectivity index is 1.38. The zero-order valence-electron chi connectivity index (χ0n) is 19.9. The number of urea groups is 1. The number of hydrogen-bond donors (Lipinski definition) is 2. The summed E-state index contributed by atoms with van der Waals surface area (Å²) in [6.07, 6.45) is -1.69. The number of aryl methyl sites for hydroxylation is 1. The number of methoxy groups -OCH3 is 1. The number of benzene rings is 2. The van der Waals surface area contributed by atoms with Crippen molar-refractivity contribution in [3.63, 3.8) is 0 Å². The van der Waals surface area contributed by atoms with Crippen LogP contribution in [0.5, 0.6) is 5.75 Å². The van der Waals surface area contributed by atoms with Gasteiger partial charge in [-0.25, -0.2) is 9.48 Å². The van der Waals surface area contributed by atoms with Gasteiger partial charge in [0.25, 0.3) is 0 Å². The number of nitrogens with zero attached hydrogens (tertiary/aromatic N) is 3. The van der Waals surface area contributed by atoms with Gasteiger partial charge in [-0.1, -0.05) is 30.3 Å². The molecule has 190 valence electrons. The van der Waals surface area contributed by atoms with Crippen molar-refractivity contribution in [1.29, 1.82) is 0 Å². The minimum atomic E-state index is -4.32. The lowest BCUT2D eigenvalue weighted by Crippen LogP contribution is -2.43. The number of para-hydroxylation sites is 1. The fourth-order valence-electron chi connectivity index (χ4n) is 5.21. The smallest absolute Gasteiger partial charge is 0.401 e. The maximum atomic E-state index is 13.2. The van der Waals surface area contributed by atoms with Gasteiger partial charge < -0.3 is 10.1 Å². The standard InChI is InChI=1S/C26H28F3N5O2/c1-36-19-10-5-7-17(13-19)21-14-33(16-26(27,28)29)15-23(21)30-25(35)31-24-20-11-6-12-22(20)32-34(24)18-8-3-2-4-9-18/h2-5,7-10,13,21,23H,6,11-12,14-16H2,1H3,(H2,30,31,35)/t21-,23+/m1/s1. The molecule has 3 aromatic rings. The summed E-state index contributed by atoms with van der Waals surface area (Å²) in [7, 11) is 1.54. The number of ether oxygens (including phenoxy) is 1. The van der Waals surface area contributed by atoms with Crippen LogP contribution in [0.2, 0.25) is 0 Å². The second kappa shape index (κ2) is 9.85. The Kier molecular flexibility index (Phi) is 6.61. The molecular formula is C26H28F3N5O2. The van der Waals surface area contributed by atoms with E-state index in [0.29, 0.717) is 11.6 Å². The van der Waals surface area contributed by atoms with Crippen LogP contribution in [0.25, 0.3) is 5.69 Å². The molecule has 2 N–H and O–H groups in total. The van der Waals surface area contributed by atoms with E-state index < -0.39 is 24.8 Å². The molecule has 0 radical (unpaired) electrons. The first kappa shape index (κ1) is 24.2. The quantitative estimate of drug-likeness (QED) is 0.523. The van der Waals surface area contributed by atoms with Gasteiger partial charge in [-0.15, -0.1) is 0 Å². The van der Waals surface area contributed by atoms with Crippen molar-refractivity contribution in [3.05, 3.63) is 71.4 Å². The number of anilines is 1. The van der Waals surface area contributed by atoms with Crippen molar-refractivity contribution in [2.45, 2.75) is 37.4 Å². The molecule has 5 rings (SSSR count). The van der Waals surface area contributed by atoms with Crippen molar-refractivity contribution < 1.29 is 22.7 Å². The van der Waals surface area contributed by atoms with Crippen molar-refractivity contribution in [1.82, 2.24) is 20.0 Å². The monoisotopic (exact) mass is 499 g/mol. The van der Waals surface area contributed by atoms with Crippen molar-refractivity contribution in [3.8, 4) is 11.4 Å². The molecule has 0 bridgehead atoms. The first-order chi connectivity index (χ1) is 17.3. The maximum absolute atomic E-state index is 13.2. The second-order valence-corrected chi connectivity index (χ2v) is 9.27. The number of rotatable bonds is 6. The van der Waals surface area contributed by atoms with Crippen LogP contribution in [-0.4, -0.2) is 59.7 Å². The summed E-state index contributed by atoms with van der Waals surface area (Å²) >= 11 is 0. The second-order valence-electron chi connectivity index (χ2n) is 9.27. The third kappa shape index (κ3) is 5.18. The minimum Gasteiger partial charge on any atom is -0.497 e. The highest BCUT2D eigenvalue weighted by molar-refractivity contribution is 5.90. The van der Waals surface area contributed by atoms with E-state index in [9.17, 15) is 18.0 Å². The predicted molar refractivity (Wildman–Crippen MR) is 130 cm³/mol. The maximum Gasteiger partial charge on any atom is 0.401 e. The number of alkyl halides is 3. The van der Waals surface area contributed by atoms with Crippen LogP contribution in [0.15, 0.2) is 54.6 Å². The van der Waals surface area contributed by atoms with E-state index in [1.54, 1.807) is 23.9 Å². The lowest BCUT2D eigenvalue weighted by atomic mass is 9.94. The topological polar surface area (TPSA) is 71.4 Å². The Hall–Kier alpha value is -3.53. The fourth-order valence-corrected chi connectivity index (χ4v) is 5.21. The molecule has 1 fully saturated rings. The Morgan fingerprint density at radius 3 is 2.67 bits per heavy atom. The zero-order valence-corrected chi connectivity index (χ0v) is 19.9. The summed E-state index contributed by atoms with van der Waals surface area (Å²) in [5.74, 6) is 0.902. The van der Waals surface area contributed by atoms with Crippen molar-refractivity contribution >= 4 is 11.8 Å². The summed E-state index contributed by atoms with van der Waals surface area (Å²) in [5.41, 5.74) is 3.61. The number of nitrogens with one attached hydrogen (secondary N) is 2. The van der Waals surface area contributed by atoms with E-state index in [0.717, 1.165) is 41.8 Å². The molecule has 2 aliphatic rings. The van der Waals surface area contributed by atoms with Gasteiger partial charge in [0.15, 0.2) is 0 Å². The first-order valence-corrected chi connectivity index (χ1v) is 12.0. The number of fused-ring (bicyclic) bond motifs is 1. The molecule has 1 saturated heterocycles. The number of aromatic nitrogens is 2. The van der Waals surface area contributed by atoms with E-state index in [4.69, 9.17) is 9.84 Å². The summed E-state index contributed by atoms with van der Waals surface area (Å²) in [6, 6.07) is 15.8. The summed E-state index contributed by atoms with van der Waals surface area (Å²) < 4.78 is 46.5. The normalized spacial score (nSPS) is 19.8. The third-order valence-electron chi connectivity index (χ3n) is 6.78. The summed E-state index contributed by atoms with van der Waals surface area (Å²) in [6.45, 7) is -0.763. The highest BCUT2D eigenvalue weighted by atomic mass is 19.4. The molecule has 2 aromatic carbocycles. The average Bonchev–Trinajstić information content (AvgIpc) is 3.55. The van der Waals surface area contributed by atoms with E-state index in [-0.39, 0.29) is 19.0 Å². The molecule has 10 heteroatoms. The SMILES string of the molecule is COc1cccc([C@H]2CN(CC(F)(F)F)C[C@@H]2NC(=O)Nc2c3c(nn2-c2ccccc2)CCC3)c1. The van der Waals surface area contributed by atoms with E-state index in [2.05, 4.69) is 10.6 Å². The number of amides is 2. The van der Waals surface area contributed by atoms with Crippen molar-refractivity contribution in [2.75, 3.05) is 32.1 Å². The Morgan fingerprint density at radius 2 is 1.92 bits per heavy atom. The van der Waals surface area contributed by atoms with Crippen LogP contribution < -0.4 is 15.4 Å². The molecule has 36 heavy (non-hydrogen) atoms. The highest BCUT2D eigenvalue weighted by Gasteiger charge is 2.40. The number of halogens is 3. The lowest BCUT2D eigenvalue weighted by Gasteiger charge is -2.21. The van der Waals surface area contributed by atoms with Gasteiger partial charge in [-0.05, 0) is 49.1 Å². The van der Waals surface area contributed by atoms with Crippen LogP contribution >= 0.6 is 0 Å². The number of hydrogen-bond acceptors (Lipinski definition) is 4. The molecule has 2 heterocycles. The van der Waals surface area contributed by atoms with Gasteiger partial charge in [0.2, 0.25) is 0 Å². The van der Waals surface area contributed by atoms with Crippen LogP contribution in [0, 0.1) is 0 Å². The molecule has 2 amide bonds. The molecule has 7 nitrogen and oxygen atoms in total. The number of carbonyl (C=O) groups excluding carboxylic acids is 1. The van der Waals surface area contributed by atoms with Gasteiger partial charge in [-0.2, -0.15) is 18.3 Å². The third-order valence-corrected chi connectivity index (χ3v) is 6.78. The zero-order chi connectivity index (χ0) is 25.3. The van der Waals surface area contributed by atoms with Crippen LogP contribution in [0.4, 0.5) is 23.8 Å². The summed E-state index contributed by atoms with van der Waals surface area (Å²) in [4.78, 5) is 14.5. The van der Waals surface area contributed by atoms with Gasteiger partial charge in [0, 0.05) is 24.6 Å². The summed E-state index contributed by atoms with van der Waals surface area (Å²) in [5, 5.41) is 10.6. The molecule has 0 saturated carbocycles. The molecule has 1 aromatic heterocycles. The first-order valence-electron chi connectivity index (χ1n) is 12.0. The molecule has 2 atom stereocenters. The molecule has 0 spiro atoms. The Morgan fingerprint density at radius 1 is 1.11 bits per heavy atom. The van der Waals surface area contributed by atoms with E-state index in [1.165, 1.54) is 4.90 Å². The number of likely N-dealkylation sites (tertiary alicyclic amines) is 1. The molecule has 1 aliphatic carbocycles. The minimum absolute atomic E-state index is 0.0882. The molecule has 0 unspecified atom stereocenters. The van der Waals surface area contributed by atoms with Gasteiger partial charge in [0.1, 0.15) is 11.6 Å². The van der Waals surface area contributed by atoms with Gasteiger partial charge in [-0.3, -0.25) is 10.2 Å². The molecular weight excluding hydrogens is 471 g/mol. The largest absolute Gasteiger partial charge is 0.497 e. The van der Waals surface area contributed by atoms with Gasteiger partial charge in [0.05, 0.1) is 31.1 Å². The fraction of sp³-hybridized carbons (Fsp3) is 0.385. The van der Waals surface area contributed by atoms with Crippen LogP contribution in [-0.2, 0) is 12.8 Å². The predicted octanol–water partition coefficient (Wildman–Crippen LogP) is 4.52. The van der Waals surface area contributed by atoms with E-state index >= 15 is 0 Å². The molecule has 1 aliphatic heterocycles. The van der Waals surface area contributed by atoms with Gasteiger partial charge >= 0.3 is 12.2 Å². The highest BCUT2D eigenvalue weighted by Crippen LogP contribution is 2.33. The number of carbonyl (C=O) groups is 1. The van der Waals surface area contributed by atoms with Crippen LogP contribution in [0.3, 0.4) is 0 Å². The van der Waals surface area contributed by atoms with E-state index in [1.807, 2.05) is 42.5 Å². The van der Waals surface area contributed by atoms with Crippen LogP contribution in [0.1, 0.15) is 29.2 Å².